The SMILES string of the molecule is CCCC1CCN(CC(C)(CCC)CNCC(C)C)CC1. The molecule has 1 aliphatic rings. The second-order valence-corrected chi connectivity index (χ2v) is 8.09. The molecule has 1 rings (SSSR count). The number of likely N-dealkylation sites (tertiary alicyclic amines) is 1. The smallest absolute Gasteiger partial charge is 0.00475 e. The number of nitrogens with zero attached hydrogens (tertiary/aromatic N) is 1. The first kappa shape index (κ1) is 19.0. The maximum atomic E-state index is 3.70. The molecule has 0 aromatic rings. The van der Waals surface area contributed by atoms with Crippen LogP contribution in [-0.2, 0) is 0 Å². The van der Waals surface area contributed by atoms with Gasteiger partial charge in [-0.2, -0.15) is 0 Å². The molecule has 0 aromatic carbocycles. The van der Waals surface area contributed by atoms with E-state index in [9.17, 15) is 0 Å². The van der Waals surface area contributed by atoms with Gasteiger partial charge in [-0.25, -0.2) is 0 Å². The Morgan fingerprint density at radius 3 is 2.33 bits per heavy atom. The molecule has 0 radical (unpaired) electrons. The van der Waals surface area contributed by atoms with Crippen LogP contribution in [0.4, 0.5) is 0 Å². The van der Waals surface area contributed by atoms with Crippen LogP contribution in [0.25, 0.3) is 0 Å². The quantitative estimate of drug-likeness (QED) is 0.636. The number of piperidine rings is 1. The van der Waals surface area contributed by atoms with Gasteiger partial charge in [0.05, 0.1) is 0 Å². The van der Waals surface area contributed by atoms with Crippen molar-refractivity contribution in [1.29, 1.82) is 0 Å². The topological polar surface area (TPSA) is 15.3 Å². The summed E-state index contributed by atoms with van der Waals surface area (Å²) in [5.41, 5.74) is 0.446. The Hall–Kier alpha value is -0.0800. The van der Waals surface area contributed by atoms with Crippen LogP contribution in [0, 0.1) is 17.3 Å². The molecular formula is C19H40N2. The highest BCUT2D eigenvalue weighted by Crippen LogP contribution is 2.28. The Balaban J connectivity index is 2.39. The first-order chi connectivity index (χ1) is 9.99. The standard InChI is InChI=1S/C19H40N2/c1-6-8-18-9-12-21(13-10-18)16-19(5,11-7-2)15-20-14-17(3)4/h17-18,20H,6-16H2,1-5H3. The van der Waals surface area contributed by atoms with Crippen LogP contribution in [0.5, 0.6) is 0 Å². The van der Waals surface area contributed by atoms with Crippen molar-refractivity contribution in [3.63, 3.8) is 0 Å². The van der Waals surface area contributed by atoms with Gasteiger partial charge in [0.25, 0.3) is 0 Å². The second-order valence-electron chi connectivity index (χ2n) is 8.09. The largest absolute Gasteiger partial charge is 0.316 e. The van der Waals surface area contributed by atoms with Crippen molar-refractivity contribution in [2.45, 2.75) is 73.1 Å². The highest BCUT2D eigenvalue weighted by Gasteiger charge is 2.28. The van der Waals surface area contributed by atoms with E-state index in [1.807, 2.05) is 0 Å². The van der Waals surface area contributed by atoms with Crippen molar-refractivity contribution in [3.05, 3.63) is 0 Å². The summed E-state index contributed by atoms with van der Waals surface area (Å²) in [7, 11) is 0. The van der Waals surface area contributed by atoms with E-state index in [0.717, 1.165) is 18.4 Å². The molecule has 0 aromatic heterocycles. The van der Waals surface area contributed by atoms with E-state index in [0.29, 0.717) is 5.41 Å². The van der Waals surface area contributed by atoms with Gasteiger partial charge in [0.1, 0.15) is 0 Å². The zero-order chi connectivity index (χ0) is 15.7. The van der Waals surface area contributed by atoms with Crippen molar-refractivity contribution in [1.82, 2.24) is 10.2 Å². The lowest BCUT2D eigenvalue weighted by molar-refractivity contribution is 0.108. The highest BCUT2D eigenvalue weighted by atomic mass is 15.1. The van der Waals surface area contributed by atoms with E-state index >= 15 is 0 Å². The van der Waals surface area contributed by atoms with Gasteiger partial charge in [0.15, 0.2) is 0 Å². The van der Waals surface area contributed by atoms with Gasteiger partial charge < -0.3 is 10.2 Å². The third kappa shape index (κ3) is 7.65. The molecule has 1 fully saturated rings. The van der Waals surface area contributed by atoms with Crippen LogP contribution in [0.1, 0.15) is 73.1 Å². The van der Waals surface area contributed by atoms with Crippen LogP contribution in [-0.4, -0.2) is 37.6 Å². The molecule has 0 amide bonds. The Bertz CT molecular complexity index is 256. The Labute approximate surface area is 134 Å². The fourth-order valence-corrected chi connectivity index (χ4v) is 3.87. The summed E-state index contributed by atoms with van der Waals surface area (Å²) in [4.78, 5) is 2.73. The van der Waals surface area contributed by atoms with Crippen molar-refractivity contribution in [2.75, 3.05) is 32.7 Å². The van der Waals surface area contributed by atoms with Crippen LogP contribution >= 0.6 is 0 Å². The van der Waals surface area contributed by atoms with E-state index in [2.05, 4.69) is 44.8 Å². The predicted molar refractivity (Wildman–Crippen MR) is 94.8 cm³/mol. The molecule has 2 heteroatoms. The Morgan fingerprint density at radius 2 is 1.81 bits per heavy atom. The monoisotopic (exact) mass is 296 g/mol. The molecule has 126 valence electrons. The van der Waals surface area contributed by atoms with E-state index in [1.165, 1.54) is 64.7 Å². The zero-order valence-electron chi connectivity index (χ0n) is 15.4. The van der Waals surface area contributed by atoms with Crippen LogP contribution in [0.2, 0.25) is 0 Å². The summed E-state index contributed by atoms with van der Waals surface area (Å²) in [5.74, 6) is 1.75. The molecule has 1 heterocycles. The van der Waals surface area contributed by atoms with Crippen LogP contribution < -0.4 is 5.32 Å². The van der Waals surface area contributed by atoms with Gasteiger partial charge in [0, 0.05) is 13.1 Å². The molecule has 0 saturated carbocycles. The molecule has 1 unspecified atom stereocenters. The third-order valence-corrected chi connectivity index (χ3v) is 4.97. The fourth-order valence-electron chi connectivity index (χ4n) is 3.87. The molecule has 2 nitrogen and oxygen atoms in total. The first-order valence-corrected chi connectivity index (χ1v) is 9.42. The zero-order valence-corrected chi connectivity index (χ0v) is 15.4. The highest BCUT2D eigenvalue weighted by molar-refractivity contribution is 4.83. The molecular weight excluding hydrogens is 256 g/mol. The second kappa shape index (κ2) is 9.84. The fraction of sp³-hybridized carbons (Fsp3) is 1.00. The normalized spacial score (nSPS) is 20.9. The molecule has 1 saturated heterocycles. The number of hydrogen-bond acceptors (Lipinski definition) is 2. The van der Waals surface area contributed by atoms with Crippen molar-refractivity contribution in [3.8, 4) is 0 Å². The summed E-state index contributed by atoms with van der Waals surface area (Å²) >= 11 is 0. The molecule has 0 aliphatic carbocycles. The molecule has 0 bridgehead atoms. The van der Waals surface area contributed by atoms with Crippen LogP contribution in [0.15, 0.2) is 0 Å². The average molecular weight is 297 g/mol. The van der Waals surface area contributed by atoms with Gasteiger partial charge in [-0.1, -0.05) is 53.9 Å². The van der Waals surface area contributed by atoms with Crippen molar-refractivity contribution >= 4 is 0 Å². The Morgan fingerprint density at radius 1 is 1.14 bits per heavy atom. The maximum absolute atomic E-state index is 3.70. The first-order valence-electron chi connectivity index (χ1n) is 9.42. The maximum Gasteiger partial charge on any atom is 0.00475 e. The molecule has 1 aliphatic heterocycles. The summed E-state index contributed by atoms with van der Waals surface area (Å²) in [6.07, 6.45) is 8.29. The van der Waals surface area contributed by atoms with Crippen molar-refractivity contribution < 1.29 is 0 Å². The lowest BCUT2D eigenvalue weighted by Crippen LogP contribution is -2.45. The molecule has 0 spiro atoms. The van der Waals surface area contributed by atoms with E-state index in [-0.39, 0.29) is 0 Å². The van der Waals surface area contributed by atoms with Gasteiger partial charge >= 0.3 is 0 Å². The van der Waals surface area contributed by atoms with E-state index in [1.54, 1.807) is 0 Å². The van der Waals surface area contributed by atoms with E-state index < -0.39 is 0 Å². The molecule has 21 heavy (non-hydrogen) atoms. The lowest BCUT2D eigenvalue weighted by Gasteiger charge is -2.39. The van der Waals surface area contributed by atoms with Crippen molar-refractivity contribution in [2.24, 2.45) is 17.3 Å². The lowest BCUT2D eigenvalue weighted by atomic mass is 9.83. The average Bonchev–Trinajstić information content (AvgIpc) is 2.41. The summed E-state index contributed by atoms with van der Waals surface area (Å²) in [6, 6.07) is 0. The summed E-state index contributed by atoms with van der Waals surface area (Å²) in [6.45, 7) is 18.0. The number of hydrogen-bond donors (Lipinski definition) is 1. The van der Waals surface area contributed by atoms with Gasteiger partial charge in [0.2, 0.25) is 0 Å². The minimum absolute atomic E-state index is 0.446. The van der Waals surface area contributed by atoms with Crippen LogP contribution in [0.3, 0.4) is 0 Å². The summed E-state index contributed by atoms with van der Waals surface area (Å²) in [5, 5.41) is 3.70. The molecule has 1 atom stereocenters. The number of rotatable bonds is 10. The van der Waals surface area contributed by atoms with E-state index in [4.69, 9.17) is 0 Å². The summed E-state index contributed by atoms with van der Waals surface area (Å²) < 4.78 is 0. The molecule has 1 N–H and O–H groups in total. The third-order valence-electron chi connectivity index (χ3n) is 4.97. The minimum Gasteiger partial charge on any atom is -0.316 e. The Kier molecular flexibility index (Phi) is 8.89. The minimum atomic E-state index is 0.446. The number of nitrogens with one attached hydrogen (secondary N) is 1. The van der Waals surface area contributed by atoms with Gasteiger partial charge in [-0.3, -0.25) is 0 Å². The predicted octanol–water partition coefficient (Wildman–Crippen LogP) is 4.55. The van der Waals surface area contributed by atoms with Gasteiger partial charge in [-0.05, 0) is 56.1 Å². The van der Waals surface area contributed by atoms with Gasteiger partial charge in [-0.15, -0.1) is 0 Å².